The second kappa shape index (κ2) is 6.62. The van der Waals surface area contributed by atoms with Gasteiger partial charge in [0.25, 0.3) is 0 Å². The fraction of sp³-hybridized carbons (Fsp3) is 0.143. The molecule has 7 heteroatoms. The van der Waals surface area contributed by atoms with Crippen LogP contribution < -0.4 is 4.74 Å². The van der Waals surface area contributed by atoms with E-state index < -0.39 is 16.6 Å². The first-order valence-electron chi connectivity index (χ1n) is 5.92. The van der Waals surface area contributed by atoms with Crippen LogP contribution in [0.4, 0.5) is 14.5 Å². The zero-order valence-electron chi connectivity index (χ0n) is 10.7. The van der Waals surface area contributed by atoms with Crippen molar-refractivity contribution in [2.75, 3.05) is 0 Å². The average molecular weight is 358 g/mol. The zero-order valence-corrected chi connectivity index (χ0v) is 12.3. The normalized spacial score (nSPS) is 10.4. The Balaban J connectivity index is 2.23. The Kier molecular flexibility index (Phi) is 4.85. The van der Waals surface area contributed by atoms with E-state index in [1.54, 1.807) is 6.07 Å². The van der Waals surface area contributed by atoms with E-state index in [-0.39, 0.29) is 23.6 Å². The summed E-state index contributed by atoms with van der Waals surface area (Å²) in [6.07, 6.45) is 0. The molecule has 0 aliphatic heterocycles. The number of nitro groups is 1. The Bertz CT molecular complexity index is 679. The lowest BCUT2D eigenvalue weighted by molar-refractivity contribution is -0.386. The molecule has 0 radical (unpaired) electrons. The molecule has 0 amide bonds. The first-order chi connectivity index (χ1) is 10.0. The Morgan fingerprint density at radius 1 is 1.24 bits per heavy atom. The standard InChI is InChI=1S/C14H10BrF2NO3/c15-7-9-4-5-13(12(6-9)18(19)20)21-8-10-2-1-3-11(16)14(10)17/h1-6H,7-8H2. The van der Waals surface area contributed by atoms with Gasteiger partial charge in [-0.1, -0.05) is 34.1 Å². The Labute approximate surface area is 127 Å². The van der Waals surface area contributed by atoms with Crippen molar-refractivity contribution >= 4 is 21.6 Å². The highest BCUT2D eigenvalue weighted by molar-refractivity contribution is 9.08. The van der Waals surface area contributed by atoms with Crippen molar-refractivity contribution in [3.63, 3.8) is 0 Å². The number of alkyl halides is 1. The molecule has 0 saturated carbocycles. The van der Waals surface area contributed by atoms with Crippen LogP contribution in [-0.4, -0.2) is 4.92 Å². The van der Waals surface area contributed by atoms with Gasteiger partial charge < -0.3 is 4.74 Å². The number of halogens is 3. The van der Waals surface area contributed by atoms with Gasteiger partial charge >= 0.3 is 5.69 Å². The molecule has 4 nitrogen and oxygen atoms in total. The summed E-state index contributed by atoms with van der Waals surface area (Å²) in [7, 11) is 0. The summed E-state index contributed by atoms with van der Waals surface area (Å²) in [5, 5.41) is 11.5. The zero-order chi connectivity index (χ0) is 15.4. The van der Waals surface area contributed by atoms with Crippen molar-refractivity contribution in [1.29, 1.82) is 0 Å². The summed E-state index contributed by atoms with van der Waals surface area (Å²) in [5.41, 5.74) is 0.489. The number of hydrogen-bond acceptors (Lipinski definition) is 3. The van der Waals surface area contributed by atoms with Crippen molar-refractivity contribution in [2.45, 2.75) is 11.9 Å². The fourth-order valence-electron chi connectivity index (χ4n) is 1.73. The molecule has 2 rings (SSSR count). The van der Waals surface area contributed by atoms with E-state index in [9.17, 15) is 18.9 Å². The monoisotopic (exact) mass is 357 g/mol. The number of ether oxygens (including phenoxy) is 1. The third-order valence-corrected chi connectivity index (χ3v) is 3.44. The molecule has 2 aromatic rings. The predicted octanol–water partition coefficient (Wildman–Crippen LogP) is 4.35. The predicted molar refractivity (Wildman–Crippen MR) is 76.4 cm³/mol. The van der Waals surface area contributed by atoms with E-state index in [0.717, 1.165) is 6.07 Å². The SMILES string of the molecule is O=[N+]([O-])c1cc(CBr)ccc1OCc1cccc(F)c1F. The van der Waals surface area contributed by atoms with Crippen molar-refractivity contribution in [3.8, 4) is 5.75 Å². The minimum Gasteiger partial charge on any atom is -0.482 e. The van der Waals surface area contributed by atoms with Gasteiger partial charge in [-0.2, -0.15) is 0 Å². The highest BCUT2D eigenvalue weighted by atomic mass is 79.9. The van der Waals surface area contributed by atoms with Crippen LogP contribution in [0.5, 0.6) is 5.75 Å². The number of nitro benzene ring substituents is 1. The summed E-state index contributed by atoms with van der Waals surface area (Å²) in [6.45, 7) is -0.294. The van der Waals surface area contributed by atoms with Gasteiger partial charge in [0.15, 0.2) is 17.4 Å². The Morgan fingerprint density at radius 2 is 2.00 bits per heavy atom. The summed E-state index contributed by atoms with van der Waals surface area (Å²) >= 11 is 3.20. The molecule has 0 N–H and O–H groups in total. The molecule has 0 saturated heterocycles. The first-order valence-corrected chi connectivity index (χ1v) is 7.04. The lowest BCUT2D eigenvalue weighted by atomic mass is 10.2. The van der Waals surface area contributed by atoms with Gasteiger partial charge in [-0.15, -0.1) is 0 Å². The maximum Gasteiger partial charge on any atom is 0.311 e. The van der Waals surface area contributed by atoms with Crippen LogP contribution in [-0.2, 0) is 11.9 Å². The first kappa shape index (κ1) is 15.4. The van der Waals surface area contributed by atoms with Crippen LogP contribution in [0.25, 0.3) is 0 Å². The molecule has 0 unspecified atom stereocenters. The summed E-state index contributed by atoms with van der Waals surface area (Å²) in [4.78, 5) is 10.4. The minimum atomic E-state index is -1.02. The molecule has 110 valence electrons. The van der Waals surface area contributed by atoms with Gasteiger partial charge in [0.2, 0.25) is 0 Å². The molecular weight excluding hydrogens is 348 g/mol. The fourth-order valence-corrected chi connectivity index (χ4v) is 2.08. The number of hydrogen-bond donors (Lipinski definition) is 0. The van der Waals surface area contributed by atoms with Crippen LogP contribution in [0.3, 0.4) is 0 Å². The molecule has 0 aromatic heterocycles. The number of rotatable bonds is 5. The van der Waals surface area contributed by atoms with Gasteiger partial charge in [-0.3, -0.25) is 10.1 Å². The smallest absolute Gasteiger partial charge is 0.311 e. The van der Waals surface area contributed by atoms with Crippen LogP contribution in [0, 0.1) is 21.7 Å². The van der Waals surface area contributed by atoms with Crippen molar-refractivity contribution in [2.24, 2.45) is 0 Å². The van der Waals surface area contributed by atoms with E-state index in [1.165, 1.54) is 24.3 Å². The van der Waals surface area contributed by atoms with Crippen LogP contribution in [0.2, 0.25) is 0 Å². The Morgan fingerprint density at radius 3 is 2.67 bits per heavy atom. The summed E-state index contributed by atoms with van der Waals surface area (Å²) < 4.78 is 31.8. The van der Waals surface area contributed by atoms with Crippen LogP contribution in [0.1, 0.15) is 11.1 Å². The van der Waals surface area contributed by atoms with E-state index in [1.807, 2.05) is 0 Å². The number of nitrogens with zero attached hydrogens (tertiary/aromatic N) is 1. The lowest BCUT2D eigenvalue weighted by Gasteiger charge is -2.08. The third-order valence-electron chi connectivity index (χ3n) is 2.79. The maximum absolute atomic E-state index is 13.5. The summed E-state index contributed by atoms with van der Waals surface area (Å²) in [5.74, 6) is -1.99. The van der Waals surface area contributed by atoms with Gasteiger partial charge in [0, 0.05) is 17.0 Å². The highest BCUT2D eigenvalue weighted by Crippen LogP contribution is 2.29. The van der Waals surface area contributed by atoms with E-state index in [2.05, 4.69) is 15.9 Å². The van der Waals surface area contributed by atoms with Crippen LogP contribution >= 0.6 is 15.9 Å². The molecule has 2 aromatic carbocycles. The van der Waals surface area contributed by atoms with Crippen molar-refractivity contribution < 1.29 is 18.4 Å². The molecule has 0 aliphatic rings. The maximum atomic E-state index is 13.5. The molecular formula is C14H10BrF2NO3. The summed E-state index contributed by atoms with van der Waals surface area (Å²) in [6, 6.07) is 8.15. The Hall–Kier alpha value is -2.02. The third kappa shape index (κ3) is 3.55. The second-order valence-corrected chi connectivity index (χ2v) is 4.76. The van der Waals surface area contributed by atoms with E-state index in [4.69, 9.17) is 4.74 Å². The van der Waals surface area contributed by atoms with E-state index >= 15 is 0 Å². The van der Waals surface area contributed by atoms with Gasteiger partial charge in [0.05, 0.1) is 4.92 Å². The molecule has 0 bridgehead atoms. The van der Waals surface area contributed by atoms with Crippen LogP contribution in [0.15, 0.2) is 36.4 Å². The minimum absolute atomic E-state index is 0.00568. The topological polar surface area (TPSA) is 52.4 Å². The van der Waals surface area contributed by atoms with Gasteiger partial charge in [0.1, 0.15) is 6.61 Å². The van der Waals surface area contributed by atoms with Crippen molar-refractivity contribution in [3.05, 3.63) is 69.3 Å². The highest BCUT2D eigenvalue weighted by Gasteiger charge is 2.17. The number of benzene rings is 2. The molecule has 0 atom stereocenters. The van der Waals surface area contributed by atoms with Crippen molar-refractivity contribution in [1.82, 2.24) is 0 Å². The molecule has 0 heterocycles. The van der Waals surface area contributed by atoms with E-state index in [0.29, 0.717) is 10.9 Å². The van der Waals surface area contributed by atoms with Gasteiger partial charge in [-0.05, 0) is 17.7 Å². The molecule has 0 fully saturated rings. The molecule has 21 heavy (non-hydrogen) atoms. The quantitative estimate of drug-likeness (QED) is 0.454. The molecule has 0 spiro atoms. The second-order valence-electron chi connectivity index (χ2n) is 4.19. The largest absolute Gasteiger partial charge is 0.482 e. The lowest BCUT2D eigenvalue weighted by Crippen LogP contribution is -2.02. The average Bonchev–Trinajstić information content (AvgIpc) is 2.48. The molecule has 0 aliphatic carbocycles. The van der Waals surface area contributed by atoms with Gasteiger partial charge in [-0.25, -0.2) is 8.78 Å².